The fraction of sp³-hybridized carbons (Fsp3) is 0.255. The lowest BCUT2D eigenvalue weighted by Gasteiger charge is -2.36. The van der Waals surface area contributed by atoms with Gasteiger partial charge in [-0.05, 0) is 114 Å². The molecule has 2 amide bonds. The number of aromatic nitrogens is 2. The van der Waals surface area contributed by atoms with Crippen molar-refractivity contribution in [2.24, 2.45) is 0 Å². The normalized spacial score (nSPS) is 16.3. The van der Waals surface area contributed by atoms with Gasteiger partial charge in [0.1, 0.15) is 31.0 Å². The van der Waals surface area contributed by atoms with E-state index in [0.717, 1.165) is 49.2 Å². The predicted octanol–water partition coefficient (Wildman–Crippen LogP) is 8.41. The Balaban J connectivity index is 1.03. The van der Waals surface area contributed by atoms with Crippen molar-refractivity contribution < 1.29 is 42.1 Å². The lowest BCUT2D eigenvalue weighted by atomic mass is 9.93. The average molecular weight is 957 g/mol. The standard InChI is InChI=1S/C47H43Cl2N5O9S2/c1-25-26(2)50-16-15-36(25)31-8-5-29(6-9-31)18-39(45(57)58)53-44(56)40-19-33-20-41-42(21-34(33)22-54(40)65(59,60)46-27(3)51-47(64-46)52-28(4)55)63-43(24-62-41)32-10-12-35(13-11-32)61-23-30-7-14-37(48)38(49)17-30/h5-17,20-21,39-40,43H,18-19,22-24H2,1-4H3,(H,53,56)(H,57,58)(H,51,52,55)/t39?,40-,43+/m0/s1. The Morgan fingerprint density at radius 1 is 0.923 bits per heavy atom. The molecule has 0 radical (unpaired) electrons. The molecule has 0 fully saturated rings. The molecule has 2 aliphatic heterocycles. The van der Waals surface area contributed by atoms with Crippen LogP contribution in [0.2, 0.25) is 10.0 Å². The molecule has 4 heterocycles. The molecule has 0 saturated heterocycles. The number of ether oxygens (including phenoxy) is 3. The van der Waals surface area contributed by atoms with E-state index >= 15 is 0 Å². The Labute approximate surface area is 389 Å². The summed E-state index contributed by atoms with van der Waals surface area (Å²) in [5, 5.41) is 16.5. The molecule has 2 aromatic heterocycles. The summed E-state index contributed by atoms with van der Waals surface area (Å²) in [4.78, 5) is 47.5. The lowest BCUT2D eigenvalue weighted by molar-refractivity contribution is -0.142. The van der Waals surface area contributed by atoms with E-state index in [0.29, 0.717) is 44.0 Å². The van der Waals surface area contributed by atoms with Crippen molar-refractivity contribution in [3.63, 3.8) is 0 Å². The van der Waals surface area contributed by atoms with Gasteiger partial charge in [0.2, 0.25) is 11.8 Å². The van der Waals surface area contributed by atoms with Crippen LogP contribution in [-0.2, 0) is 50.4 Å². The molecule has 1 unspecified atom stereocenters. The third-order valence-electron chi connectivity index (χ3n) is 11.3. The minimum absolute atomic E-state index is 0.0614. The summed E-state index contributed by atoms with van der Waals surface area (Å²) in [5.41, 5.74) is 7.50. The number of carboxylic acid groups (broad SMARTS) is 1. The number of fused-ring (bicyclic) bond motifs is 2. The topological polar surface area (TPSA) is 186 Å². The van der Waals surface area contributed by atoms with E-state index in [4.69, 9.17) is 37.4 Å². The number of amides is 2. The van der Waals surface area contributed by atoms with E-state index < -0.39 is 46.0 Å². The molecule has 14 nitrogen and oxygen atoms in total. The van der Waals surface area contributed by atoms with Crippen molar-refractivity contribution in [3.05, 3.63) is 146 Å². The third-order valence-corrected chi connectivity index (χ3v) is 15.6. The summed E-state index contributed by atoms with van der Waals surface area (Å²) < 4.78 is 48.8. The fourth-order valence-corrected chi connectivity index (χ4v) is 11.2. The molecule has 6 aromatic rings. The van der Waals surface area contributed by atoms with Gasteiger partial charge in [0, 0.05) is 31.8 Å². The summed E-state index contributed by atoms with van der Waals surface area (Å²) in [7, 11) is -4.47. The first kappa shape index (κ1) is 45.5. The number of halogens is 2. The molecule has 0 spiro atoms. The zero-order valence-corrected chi connectivity index (χ0v) is 38.7. The Kier molecular flexibility index (Phi) is 13.2. The van der Waals surface area contributed by atoms with Gasteiger partial charge >= 0.3 is 5.97 Å². The van der Waals surface area contributed by atoms with Gasteiger partial charge in [0.05, 0.1) is 15.7 Å². The molecule has 65 heavy (non-hydrogen) atoms. The molecule has 8 rings (SSSR count). The Hall–Kier alpha value is -6.04. The maximum absolute atomic E-state index is 14.7. The number of rotatable bonds is 13. The van der Waals surface area contributed by atoms with Crippen LogP contribution < -0.4 is 24.8 Å². The molecule has 2 aliphatic rings. The first-order valence-corrected chi connectivity index (χ1v) is 23.5. The average Bonchev–Trinajstić information content (AvgIpc) is 3.66. The highest BCUT2D eigenvalue weighted by Crippen LogP contribution is 2.43. The Bertz CT molecular complexity index is 2930. The number of thiazole rings is 1. The molecule has 4 aromatic carbocycles. The van der Waals surface area contributed by atoms with Crippen molar-refractivity contribution in [2.45, 2.75) is 76.1 Å². The van der Waals surface area contributed by atoms with Gasteiger partial charge in [0.25, 0.3) is 10.0 Å². The lowest BCUT2D eigenvalue weighted by Crippen LogP contribution is -2.55. The molecule has 336 valence electrons. The van der Waals surface area contributed by atoms with E-state index in [-0.39, 0.29) is 47.6 Å². The quantitative estimate of drug-likeness (QED) is 0.101. The van der Waals surface area contributed by atoms with E-state index in [1.165, 1.54) is 13.8 Å². The number of nitrogens with zero attached hydrogens (tertiary/aromatic N) is 3. The van der Waals surface area contributed by atoms with Crippen LogP contribution in [0.3, 0.4) is 0 Å². The highest BCUT2D eigenvalue weighted by atomic mass is 35.5. The zero-order valence-electron chi connectivity index (χ0n) is 35.6. The van der Waals surface area contributed by atoms with Gasteiger partial charge in [-0.3, -0.25) is 14.6 Å². The van der Waals surface area contributed by atoms with Gasteiger partial charge in [-0.1, -0.05) is 77.0 Å². The second-order valence-corrected chi connectivity index (χ2v) is 19.7. The van der Waals surface area contributed by atoms with Crippen LogP contribution >= 0.6 is 34.5 Å². The summed E-state index contributed by atoms with van der Waals surface area (Å²) in [5.74, 6) is -1.09. The molecular formula is C47H43Cl2N5O9S2. The van der Waals surface area contributed by atoms with Crippen LogP contribution in [0.15, 0.2) is 95.3 Å². The third kappa shape index (κ3) is 9.96. The number of carboxylic acids is 1. The second-order valence-electron chi connectivity index (χ2n) is 15.8. The highest BCUT2D eigenvalue weighted by molar-refractivity contribution is 7.91. The van der Waals surface area contributed by atoms with Gasteiger partial charge in [-0.15, -0.1) is 0 Å². The minimum atomic E-state index is -4.47. The molecule has 0 aliphatic carbocycles. The number of anilines is 1. The smallest absolute Gasteiger partial charge is 0.326 e. The molecular weight excluding hydrogens is 914 g/mol. The van der Waals surface area contributed by atoms with Gasteiger partial charge in [-0.25, -0.2) is 18.2 Å². The number of carbonyl (C=O) groups excluding carboxylic acids is 2. The van der Waals surface area contributed by atoms with Crippen LogP contribution in [0.4, 0.5) is 5.13 Å². The van der Waals surface area contributed by atoms with Gasteiger partial charge in [-0.2, -0.15) is 4.31 Å². The van der Waals surface area contributed by atoms with E-state index in [1.807, 2.05) is 62.4 Å². The summed E-state index contributed by atoms with van der Waals surface area (Å²) in [6.07, 6.45) is 1.06. The molecule has 0 bridgehead atoms. The summed E-state index contributed by atoms with van der Waals surface area (Å²) >= 11 is 13.0. The highest BCUT2D eigenvalue weighted by Gasteiger charge is 2.43. The fourth-order valence-electron chi connectivity index (χ4n) is 7.75. The number of benzene rings is 4. The van der Waals surface area contributed by atoms with Crippen LogP contribution in [0.5, 0.6) is 17.2 Å². The van der Waals surface area contributed by atoms with Gasteiger partial charge in [0.15, 0.2) is 26.9 Å². The van der Waals surface area contributed by atoms with E-state index in [2.05, 4.69) is 20.6 Å². The van der Waals surface area contributed by atoms with Crippen molar-refractivity contribution >= 4 is 67.5 Å². The van der Waals surface area contributed by atoms with Crippen LogP contribution in [0.25, 0.3) is 11.1 Å². The number of hydrogen-bond acceptors (Lipinski definition) is 11. The van der Waals surface area contributed by atoms with Crippen molar-refractivity contribution in [3.8, 4) is 28.4 Å². The largest absolute Gasteiger partial charge is 0.489 e. The minimum Gasteiger partial charge on any atom is -0.489 e. The number of hydrogen-bond donors (Lipinski definition) is 3. The van der Waals surface area contributed by atoms with Crippen molar-refractivity contribution in [1.29, 1.82) is 0 Å². The second kappa shape index (κ2) is 18.8. The number of carbonyl (C=O) groups is 3. The van der Waals surface area contributed by atoms with E-state index in [9.17, 15) is 27.9 Å². The molecule has 3 atom stereocenters. The van der Waals surface area contributed by atoms with Crippen molar-refractivity contribution in [2.75, 3.05) is 11.9 Å². The first-order chi connectivity index (χ1) is 31.0. The van der Waals surface area contributed by atoms with E-state index in [1.54, 1.807) is 42.6 Å². The number of aryl methyl sites for hydroxylation is 2. The Morgan fingerprint density at radius 2 is 1.65 bits per heavy atom. The van der Waals surface area contributed by atoms with Crippen LogP contribution in [0, 0.1) is 20.8 Å². The molecule has 3 N–H and O–H groups in total. The SMILES string of the molecule is CC(=O)Nc1nc(C)c(S(=O)(=O)N2Cc3cc4c(cc3C[C@H]2C(=O)NC(Cc2ccc(-c3ccnc(C)c3C)cc2)C(=O)O)OC[C@H](c2ccc(OCc3ccc(Cl)c(Cl)c3)cc2)O4)s1. The summed E-state index contributed by atoms with van der Waals surface area (Å²) in [6, 6.07) is 22.7. The maximum Gasteiger partial charge on any atom is 0.326 e. The van der Waals surface area contributed by atoms with Crippen LogP contribution in [0.1, 0.15) is 57.8 Å². The number of pyridine rings is 1. The zero-order chi connectivity index (χ0) is 46.2. The van der Waals surface area contributed by atoms with Crippen LogP contribution in [-0.4, -0.2) is 64.3 Å². The van der Waals surface area contributed by atoms with Crippen molar-refractivity contribution in [1.82, 2.24) is 19.6 Å². The number of sulfonamides is 1. The molecule has 18 heteroatoms. The monoisotopic (exact) mass is 955 g/mol. The first-order valence-electron chi connectivity index (χ1n) is 20.5. The summed E-state index contributed by atoms with van der Waals surface area (Å²) in [6.45, 7) is 6.89. The number of aliphatic carboxylic acids is 1. The number of nitrogens with one attached hydrogen (secondary N) is 2. The van der Waals surface area contributed by atoms with Gasteiger partial charge < -0.3 is 30.0 Å². The maximum atomic E-state index is 14.7. The Morgan fingerprint density at radius 3 is 2.35 bits per heavy atom. The molecule has 0 saturated carbocycles. The predicted molar refractivity (Wildman–Crippen MR) is 246 cm³/mol.